The zero-order chi connectivity index (χ0) is 11.9. The van der Waals surface area contributed by atoms with E-state index in [9.17, 15) is 5.11 Å². The molecule has 4 N–H and O–H groups in total. The monoisotopic (exact) mass is 234 g/mol. The molecule has 0 unspecified atom stereocenters. The van der Waals surface area contributed by atoms with Crippen LogP contribution in [0.5, 0.6) is 0 Å². The molecule has 0 radical (unpaired) electrons. The molecule has 0 amide bonds. The molecule has 1 aliphatic carbocycles. The Morgan fingerprint density at radius 1 is 1.35 bits per heavy atom. The predicted octanol–water partition coefficient (Wildman–Crippen LogP) is 0.989. The second kappa shape index (κ2) is 3.59. The Kier molecular flexibility index (Phi) is 2.19. The smallest absolute Gasteiger partial charge is 0.160 e. The molecule has 6 heteroatoms. The van der Waals surface area contributed by atoms with Gasteiger partial charge in [-0.1, -0.05) is 0 Å². The number of aliphatic hydroxyl groups is 1. The predicted molar refractivity (Wildman–Crippen MR) is 63.5 cm³/mol. The fraction of sp³-hybridized carbons (Fsp3) is 0.455. The van der Waals surface area contributed by atoms with Crippen LogP contribution in [0.4, 0.5) is 11.4 Å². The molecule has 1 fully saturated rings. The van der Waals surface area contributed by atoms with Crippen molar-refractivity contribution in [3.8, 4) is 0 Å². The minimum Gasteiger partial charge on any atom is -0.397 e. The third-order valence-electron chi connectivity index (χ3n) is 3.39. The first kappa shape index (κ1) is 10.3. The third-order valence-corrected chi connectivity index (χ3v) is 3.39. The molecule has 1 aromatic heterocycles. The lowest BCUT2D eigenvalue weighted by molar-refractivity contribution is 0.220. The first-order chi connectivity index (χ1) is 8.24. The Morgan fingerprint density at radius 2 is 2.12 bits per heavy atom. The van der Waals surface area contributed by atoms with Gasteiger partial charge in [-0.05, 0) is 35.3 Å². The number of aromatic nitrogens is 2. The largest absolute Gasteiger partial charge is 0.397 e. The molecule has 90 valence electrons. The summed E-state index contributed by atoms with van der Waals surface area (Å²) in [6.07, 6.45) is 2.12. The maximum atomic E-state index is 9.25. The van der Waals surface area contributed by atoms with Gasteiger partial charge in [-0.3, -0.25) is 0 Å². The molecule has 2 aromatic rings. The fourth-order valence-electron chi connectivity index (χ4n) is 1.88. The summed E-state index contributed by atoms with van der Waals surface area (Å²) in [6.45, 7) is 0.949. The maximum Gasteiger partial charge on any atom is 0.160 e. The zero-order valence-electron chi connectivity index (χ0n) is 9.31. The lowest BCUT2D eigenvalue weighted by Crippen LogP contribution is -2.19. The van der Waals surface area contributed by atoms with Gasteiger partial charge in [0.2, 0.25) is 0 Å². The lowest BCUT2D eigenvalue weighted by Gasteiger charge is -2.13. The van der Waals surface area contributed by atoms with Crippen LogP contribution < -0.4 is 11.1 Å². The first-order valence-electron chi connectivity index (χ1n) is 5.60. The zero-order valence-corrected chi connectivity index (χ0v) is 9.31. The van der Waals surface area contributed by atoms with E-state index in [1.54, 1.807) is 6.07 Å². The second-order valence-corrected chi connectivity index (χ2v) is 4.68. The van der Waals surface area contributed by atoms with E-state index in [2.05, 4.69) is 15.6 Å². The number of hydrogen-bond acceptors (Lipinski definition) is 6. The van der Waals surface area contributed by atoms with Crippen LogP contribution in [0.2, 0.25) is 0 Å². The molecule has 0 aliphatic heterocycles. The molecule has 1 heterocycles. The van der Waals surface area contributed by atoms with Crippen LogP contribution in [0.25, 0.3) is 11.0 Å². The van der Waals surface area contributed by atoms with Crippen molar-refractivity contribution < 1.29 is 9.74 Å². The molecule has 0 bridgehead atoms. The molecular weight excluding hydrogens is 220 g/mol. The van der Waals surface area contributed by atoms with Gasteiger partial charge < -0.3 is 16.2 Å². The quantitative estimate of drug-likeness (QED) is 0.682. The molecule has 1 saturated carbocycles. The third kappa shape index (κ3) is 1.70. The highest BCUT2D eigenvalue weighted by molar-refractivity contribution is 5.94. The number of rotatable bonds is 4. The molecule has 6 nitrogen and oxygen atoms in total. The van der Waals surface area contributed by atoms with Crippen molar-refractivity contribution in [2.75, 3.05) is 24.2 Å². The van der Waals surface area contributed by atoms with Gasteiger partial charge in [0.25, 0.3) is 0 Å². The Morgan fingerprint density at radius 3 is 2.82 bits per heavy atom. The van der Waals surface area contributed by atoms with Crippen molar-refractivity contribution in [2.45, 2.75) is 12.8 Å². The summed E-state index contributed by atoms with van der Waals surface area (Å²) < 4.78 is 4.69. The van der Waals surface area contributed by atoms with Crippen molar-refractivity contribution in [1.82, 2.24) is 10.3 Å². The van der Waals surface area contributed by atoms with Gasteiger partial charge in [0.1, 0.15) is 0 Å². The van der Waals surface area contributed by atoms with E-state index in [4.69, 9.17) is 10.4 Å². The number of nitrogen functional groups attached to an aromatic ring is 1. The van der Waals surface area contributed by atoms with Crippen molar-refractivity contribution in [1.29, 1.82) is 0 Å². The van der Waals surface area contributed by atoms with Crippen molar-refractivity contribution in [3.05, 3.63) is 12.1 Å². The van der Waals surface area contributed by atoms with E-state index < -0.39 is 0 Å². The van der Waals surface area contributed by atoms with Crippen LogP contribution in [0.1, 0.15) is 12.8 Å². The number of aliphatic hydroxyl groups excluding tert-OH is 1. The highest BCUT2D eigenvalue weighted by Crippen LogP contribution is 2.45. The minimum atomic E-state index is 0.0465. The van der Waals surface area contributed by atoms with E-state index in [1.807, 2.05) is 6.07 Å². The van der Waals surface area contributed by atoms with Crippen LogP contribution in [0.3, 0.4) is 0 Å². The summed E-state index contributed by atoms with van der Waals surface area (Å²) in [4.78, 5) is 0. The van der Waals surface area contributed by atoms with Gasteiger partial charge in [0, 0.05) is 12.0 Å². The van der Waals surface area contributed by atoms with Crippen LogP contribution in [-0.4, -0.2) is 28.6 Å². The van der Waals surface area contributed by atoms with Gasteiger partial charge in [0.15, 0.2) is 11.0 Å². The molecule has 0 spiro atoms. The Labute approximate surface area is 97.8 Å². The molecular formula is C11H14N4O2. The van der Waals surface area contributed by atoms with Crippen LogP contribution in [0.15, 0.2) is 16.8 Å². The number of nitrogens with two attached hydrogens (primary N) is 1. The summed E-state index contributed by atoms with van der Waals surface area (Å²) in [7, 11) is 0. The van der Waals surface area contributed by atoms with Gasteiger partial charge in [0.05, 0.1) is 18.0 Å². The van der Waals surface area contributed by atoms with Crippen LogP contribution >= 0.6 is 0 Å². The van der Waals surface area contributed by atoms with Gasteiger partial charge >= 0.3 is 0 Å². The fourth-order valence-corrected chi connectivity index (χ4v) is 1.88. The van der Waals surface area contributed by atoms with Gasteiger partial charge in [-0.25, -0.2) is 4.63 Å². The Hall–Kier alpha value is -1.82. The number of benzene rings is 1. The highest BCUT2D eigenvalue weighted by Gasteiger charge is 2.41. The van der Waals surface area contributed by atoms with Gasteiger partial charge in [-0.15, -0.1) is 0 Å². The number of fused-ring (bicyclic) bond motifs is 1. The molecule has 1 aromatic carbocycles. The molecule has 17 heavy (non-hydrogen) atoms. The standard InChI is InChI=1S/C11H14N4O2/c12-7-1-2-8(10-9(7)14-17-15-10)13-5-11(6-16)3-4-11/h1-2,13,16H,3-6,12H2. The van der Waals surface area contributed by atoms with Gasteiger partial charge in [-0.2, -0.15) is 0 Å². The average molecular weight is 234 g/mol. The number of nitrogens with one attached hydrogen (secondary N) is 1. The van der Waals surface area contributed by atoms with Crippen molar-refractivity contribution >= 4 is 22.4 Å². The highest BCUT2D eigenvalue weighted by atomic mass is 16.6. The number of nitrogens with zero attached hydrogens (tertiary/aromatic N) is 2. The van der Waals surface area contributed by atoms with Crippen LogP contribution in [-0.2, 0) is 0 Å². The lowest BCUT2D eigenvalue weighted by atomic mass is 10.1. The Bertz CT molecular complexity index is 547. The summed E-state index contributed by atoms with van der Waals surface area (Å²) in [6, 6.07) is 3.63. The molecule has 0 saturated heterocycles. The summed E-state index contributed by atoms with van der Waals surface area (Å²) in [5.74, 6) is 0. The maximum absolute atomic E-state index is 9.25. The minimum absolute atomic E-state index is 0.0465. The van der Waals surface area contributed by atoms with Crippen molar-refractivity contribution in [3.63, 3.8) is 0 Å². The molecule has 0 atom stereocenters. The molecule has 3 rings (SSSR count). The normalized spacial score (nSPS) is 17.2. The van der Waals surface area contributed by atoms with Crippen molar-refractivity contribution in [2.24, 2.45) is 5.41 Å². The van der Waals surface area contributed by atoms with Crippen LogP contribution in [0, 0.1) is 5.41 Å². The van der Waals surface area contributed by atoms with E-state index in [-0.39, 0.29) is 12.0 Å². The summed E-state index contributed by atoms with van der Waals surface area (Å²) in [5.41, 5.74) is 8.41. The Balaban J connectivity index is 1.85. The van der Waals surface area contributed by atoms with E-state index >= 15 is 0 Å². The topological polar surface area (TPSA) is 97.2 Å². The average Bonchev–Trinajstić information content (AvgIpc) is 2.95. The second-order valence-electron chi connectivity index (χ2n) is 4.68. The summed E-state index contributed by atoms with van der Waals surface area (Å²) in [5, 5.41) is 20.1. The number of hydrogen-bond donors (Lipinski definition) is 3. The summed E-state index contributed by atoms with van der Waals surface area (Å²) >= 11 is 0. The van der Waals surface area contributed by atoms with E-state index in [1.165, 1.54) is 0 Å². The number of anilines is 2. The SMILES string of the molecule is Nc1ccc(NCC2(CO)CC2)c2nonc12. The molecule has 1 aliphatic rings. The first-order valence-corrected chi connectivity index (χ1v) is 5.60. The van der Waals surface area contributed by atoms with E-state index in [0.29, 0.717) is 16.7 Å². The van der Waals surface area contributed by atoms with E-state index in [0.717, 1.165) is 25.1 Å².